The van der Waals surface area contributed by atoms with Crippen molar-refractivity contribution < 1.29 is 19.1 Å². The summed E-state index contributed by atoms with van der Waals surface area (Å²) in [6.45, 7) is 4.66. The van der Waals surface area contributed by atoms with Crippen molar-refractivity contribution in [2.75, 3.05) is 12.4 Å². The van der Waals surface area contributed by atoms with Crippen LogP contribution in [-0.4, -0.2) is 35.2 Å². The number of aromatic nitrogens is 2. The van der Waals surface area contributed by atoms with Crippen LogP contribution in [0.25, 0.3) is 0 Å². The van der Waals surface area contributed by atoms with Crippen LogP contribution in [0.3, 0.4) is 0 Å². The van der Waals surface area contributed by atoms with Gasteiger partial charge in [-0.3, -0.25) is 9.59 Å². The Morgan fingerprint density at radius 2 is 1.71 bits per heavy atom. The summed E-state index contributed by atoms with van der Waals surface area (Å²) in [6, 6.07) is 14.3. The molecular weight excluding hydrogens is 416 g/mol. The minimum Gasteiger partial charge on any atom is -0.491 e. The highest BCUT2D eigenvalue weighted by Crippen LogP contribution is 2.16. The summed E-state index contributed by atoms with van der Waals surface area (Å²) in [4.78, 5) is 24.7. The quantitative estimate of drug-likeness (QED) is 0.527. The molecule has 2 N–H and O–H groups in total. The first-order valence-electron chi connectivity index (χ1n) is 9.71. The zero-order valence-electron chi connectivity index (χ0n) is 17.5. The van der Waals surface area contributed by atoms with Gasteiger partial charge >= 0.3 is 0 Å². The van der Waals surface area contributed by atoms with Crippen LogP contribution >= 0.6 is 11.3 Å². The van der Waals surface area contributed by atoms with E-state index in [9.17, 15) is 9.59 Å². The molecule has 0 aliphatic heterocycles. The van der Waals surface area contributed by atoms with Gasteiger partial charge in [-0.15, -0.1) is 10.2 Å². The minimum absolute atomic E-state index is 0.115. The molecule has 8 nitrogen and oxygen atoms in total. The Hall–Kier alpha value is -3.30. The second-order valence-electron chi connectivity index (χ2n) is 6.96. The number of carbonyl (C=O) groups is 2. The van der Waals surface area contributed by atoms with Crippen molar-refractivity contribution >= 4 is 28.8 Å². The Kier molecular flexibility index (Phi) is 7.69. The summed E-state index contributed by atoms with van der Waals surface area (Å²) in [5.74, 6) is 0.238. The number of rotatable bonds is 9. The van der Waals surface area contributed by atoms with E-state index in [1.165, 1.54) is 11.3 Å². The Labute approximate surface area is 184 Å². The van der Waals surface area contributed by atoms with Gasteiger partial charge in [0.05, 0.1) is 12.7 Å². The number of amides is 2. The fourth-order valence-corrected chi connectivity index (χ4v) is 3.37. The molecule has 31 heavy (non-hydrogen) atoms. The maximum atomic E-state index is 12.4. The van der Waals surface area contributed by atoms with Crippen LogP contribution in [0.5, 0.6) is 5.75 Å². The van der Waals surface area contributed by atoms with Crippen molar-refractivity contribution in [3.63, 3.8) is 0 Å². The van der Waals surface area contributed by atoms with Gasteiger partial charge in [0.15, 0.2) is 0 Å². The molecule has 2 amide bonds. The fraction of sp³-hybridized carbons (Fsp3) is 0.273. The molecule has 0 aliphatic carbocycles. The van der Waals surface area contributed by atoms with Crippen molar-refractivity contribution in [2.24, 2.45) is 0 Å². The van der Waals surface area contributed by atoms with Gasteiger partial charge in [-0.05, 0) is 55.8 Å². The number of nitrogens with one attached hydrogen (secondary N) is 2. The molecule has 0 saturated heterocycles. The molecule has 1 heterocycles. The van der Waals surface area contributed by atoms with Crippen LogP contribution in [0, 0.1) is 0 Å². The fourth-order valence-electron chi connectivity index (χ4n) is 2.66. The Bertz CT molecular complexity index is 1020. The number of methoxy groups -OCH3 is 1. The average Bonchev–Trinajstić information content (AvgIpc) is 3.22. The SMILES string of the molecule is COCc1nnc(C(=O)Nc2ccc(C(=O)NCc3ccc(OC(C)C)cc3)cc2)s1. The zero-order chi connectivity index (χ0) is 22.2. The average molecular weight is 441 g/mol. The van der Waals surface area contributed by atoms with Crippen LogP contribution in [0.2, 0.25) is 0 Å². The van der Waals surface area contributed by atoms with E-state index >= 15 is 0 Å². The molecule has 1 aromatic heterocycles. The molecule has 2 aromatic carbocycles. The molecule has 0 saturated carbocycles. The van der Waals surface area contributed by atoms with Gasteiger partial charge in [-0.25, -0.2) is 0 Å². The molecule has 0 unspecified atom stereocenters. The summed E-state index contributed by atoms with van der Waals surface area (Å²) in [6.07, 6.45) is 0.115. The second kappa shape index (κ2) is 10.6. The van der Waals surface area contributed by atoms with E-state index < -0.39 is 0 Å². The Balaban J connectivity index is 1.51. The summed E-state index contributed by atoms with van der Waals surface area (Å²) in [5.41, 5.74) is 2.03. The second-order valence-corrected chi connectivity index (χ2v) is 8.02. The van der Waals surface area contributed by atoms with E-state index in [0.29, 0.717) is 29.4 Å². The van der Waals surface area contributed by atoms with Gasteiger partial charge in [0, 0.05) is 24.9 Å². The normalized spacial score (nSPS) is 10.7. The Morgan fingerprint density at radius 1 is 1.00 bits per heavy atom. The van der Waals surface area contributed by atoms with Gasteiger partial charge in [0.1, 0.15) is 10.8 Å². The maximum Gasteiger partial charge on any atom is 0.286 e. The standard InChI is InChI=1S/C22H24N4O4S/c1-14(2)30-18-10-4-15(5-11-18)12-23-20(27)16-6-8-17(9-7-16)24-21(28)22-26-25-19(31-22)13-29-3/h4-11,14H,12-13H2,1-3H3,(H,23,27)(H,24,28). The van der Waals surface area contributed by atoms with Crippen LogP contribution in [0.4, 0.5) is 5.69 Å². The monoisotopic (exact) mass is 440 g/mol. The van der Waals surface area contributed by atoms with Gasteiger partial charge in [0.25, 0.3) is 11.8 Å². The number of hydrogen-bond donors (Lipinski definition) is 2. The molecular formula is C22H24N4O4S. The number of hydrogen-bond acceptors (Lipinski definition) is 7. The maximum absolute atomic E-state index is 12.4. The lowest BCUT2D eigenvalue weighted by atomic mass is 10.1. The largest absolute Gasteiger partial charge is 0.491 e. The number of carbonyl (C=O) groups excluding carboxylic acids is 2. The third-order valence-electron chi connectivity index (χ3n) is 4.08. The van der Waals surface area contributed by atoms with Crippen LogP contribution in [-0.2, 0) is 17.9 Å². The third-order valence-corrected chi connectivity index (χ3v) is 4.98. The molecule has 0 fully saturated rings. The first-order chi connectivity index (χ1) is 14.9. The van der Waals surface area contributed by atoms with Gasteiger partial charge < -0.3 is 20.1 Å². The molecule has 3 aromatic rings. The Morgan fingerprint density at radius 3 is 2.35 bits per heavy atom. The lowest BCUT2D eigenvalue weighted by molar-refractivity contribution is 0.0950. The number of nitrogens with zero attached hydrogens (tertiary/aromatic N) is 2. The highest BCUT2D eigenvalue weighted by Gasteiger charge is 2.13. The molecule has 9 heteroatoms. The molecule has 0 spiro atoms. The summed E-state index contributed by atoms with van der Waals surface area (Å²) < 4.78 is 10.6. The van der Waals surface area contributed by atoms with Crippen molar-refractivity contribution in [3.8, 4) is 5.75 Å². The summed E-state index contributed by atoms with van der Waals surface area (Å²) in [5, 5.41) is 14.2. The lowest BCUT2D eigenvalue weighted by Gasteiger charge is -2.10. The van der Waals surface area contributed by atoms with Crippen molar-refractivity contribution in [3.05, 3.63) is 69.7 Å². The van der Waals surface area contributed by atoms with Gasteiger partial charge in [-0.2, -0.15) is 0 Å². The summed E-state index contributed by atoms with van der Waals surface area (Å²) in [7, 11) is 1.55. The molecule has 3 rings (SSSR count). The van der Waals surface area contributed by atoms with E-state index in [4.69, 9.17) is 9.47 Å². The molecule has 0 aliphatic rings. The molecule has 0 bridgehead atoms. The first kappa shape index (κ1) is 22.4. The van der Waals surface area contributed by atoms with Crippen molar-refractivity contribution in [1.82, 2.24) is 15.5 Å². The summed E-state index contributed by atoms with van der Waals surface area (Å²) >= 11 is 1.17. The zero-order valence-corrected chi connectivity index (χ0v) is 18.4. The smallest absolute Gasteiger partial charge is 0.286 e. The van der Waals surface area contributed by atoms with Crippen LogP contribution in [0.15, 0.2) is 48.5 Å². The lowest BCUT2D eigenvalue weighted by Crippen LogP contribution is -2.22. The van der Waals surface area contributed by atoms with Crippen LogP contribution in [0.1, 0.15) is 44.6 Å². The van der Waals surface area contributed by atoms with E-state index in [1.54, 1.807) is 31.4 Å². The number of benzene rings is 2. The third kappa shape index (κ3) is 6.59. The van der Waals surface area contributed by atoms with E-state index in [0.717, 1.165) is 11.3 Å². The van der Waals surface area contributed by atoms with Crippen molar-refractivity contribution in [2.45, 2.75) is 33.1 Å². The van der Waals surface area contributed by atoms with E-state index in [-0.39, 0.29) is 22.9 Å². The predicted molar refractivity (Wildman–Crippen MR) is 118 cm³/mol. The highest BCUT2D eigenvalue weighted by atomic mass is 32.1. The topological polar surface area (TPSA) is 102 Å². The molecule has 0 radical (unpaired) electrons. The molecule has 0 atom stereocenters. The minimum atomic E-state index is -0.359. The predicted octanol–water partition coefficient (Wildman–Crippen LogP) is 3.65. The van der Waals surface area contributed by atoms with Crippen molar-refractivity contribution in [1.29, 1.82) is 0 Å². The van der Waals surface area contributed by atoms with Gasteiger partial charge in [-0.1, -0.05) is 23.5 Å². The molecule has 162 valence electrons. The van der Waals surface area contributed by atoms with Gasteiger partial charge in [0.2, 0.25) is 5.01 Å². The first-order valence-corrected chi connectivity index (χ1v) is 10.5. The number of ether oxygens (including phenoxy) is 2. The van der Waals surface area contributed by atoms with E-state index in [2.05, 4.69) is 20.8 Å². The van der Waals surface area contributed by atoms with E-state index in [1.807, 2.05) is 38.1 Å². The number of anilines is 1. The highest BCUT2D eigenvalue weighted by molar-refractivity contribution is 7.13. The van der Waals surface area contributed by atoms with Crippen LogP contribution < -0.4 is 15.4 Å².